The number of fused-ring (bicyclic) bond motifs is 1. The zero-order chi connectivity index (χ0) is 26.9. The van der Waals surface area contributed by atoms with Crippen LogP contribution in [0.1, 0.15) is 49.4 Å². The summed E-state index contributed by atoms with van der Waals surface area (Å²) >= 11 is 0. The first-order valence-electron chi connectivity index (χ1n) is 13.5. The number of pyridine rings is 1. The van der Waals surface area contributed by atoms with Gasteiger partial charge in [-0.1, -0.05) is 6.07 Å². The van der Waals surface area contributed by atoms with Gasteiger partial charge in [-0.2, -0.15) is 0 Å². The van der Waals surface area contributed by atoms with Crippen LogP contribution in [-0.4, -0.2) is 60.9 Å². The number of likely N-dealkylation sites (tertiary alicyclic amines) is 1. The van der Waals surface area contributed by atoms with Crippen molar-refractivity contribution < 1.29 is 18.4 Å². The second kappa shape index (κ2) is 8.76. The van der Waals surface area contributed by atoms with Crippen molar-refractivity contribution in [2.75, 3.05) is 19.6 Å². The second-order valence-corrected chi connectivity index (χ2v) is 11.2. The highest BCUT2D eigenvalue weighted by Crippen LogP contribution is 2.42. The van der Waals surface area contributed by atoms with Crippen molar-refractivity contribution in [3.63, 3.8) is 0 Å². The zero-order valence-corrected chi connectivity index (χ0v) is 21.8. The van der Waals surface area contributed by atoms with Crippen LogP contribution in [0.25, 0.3) is 27.7 Å². The molecule has 39 heavy (non-hydrogen) atoms. The number of nitrogens with zero attached hydrogens (tertiary/aromatic N) is 5. The minimum atomic E-state index is -1.24. The molecule has 3 aliphatic rings. The molecule has 9 heteroatoms. The number of halogens is 2. The Morgan fingerprint density at radius 2 is 1.87 bits per heavy atom. The average molecular weight is 530 g/mol. The summed E-state index contributed by atoms with van der Waals surface area (Å²) < 4.78 is 33.4. The molecule has 0 N–H and O–H groups in total. The molecule has 0 atom stereocenters. The molecule has 5 heterocycles. The number of carbonyl (C=O) groups excluding carboxylic acids is 2. The summed E-state index contributed by atoms with van der Waals surface area (Å²) in [6, 6.07) is 8.62. The summed E-state index contributed by atoms with van der Waals surface area (Å²) in [6.07, 6.45) is 7.26. The molecule has 2 amide bonds. The maximum atomic E-state index is 15.1. The third kappa shape index (κ3) is 3.94. The number of carbonyl (C=O) groups is 2. The van der Waals surface area contributed by atoms with E-state index in [0.29, 0.717) is 57.4 Å². The van der Waals surface area contributed by atoms with Gasteiger partial charge in [-0.25, -0.2) is 18.6 Å². The van der Waals surface area contributed by atoms with Crippen LogP contribution in [0, 0.1) is 5.82 Å². The molecule has 0 radical (unpaired) electrons. The molecule has 0 saturated carbocycles. The molecule has 4 aromatic rings. The largest absolute Gasteiger partial charge is 0.345 e. The maximum Gasteiger partial charge on any atom is 0.320 e. The van der Waals surface area contributed by atoms with Crippen molar-refractivity contribution in [1.29, 1.82) is 0 Å². The Kier molecular flexibility index (Phi) is 5.40. The van der Waals surface area contributed by atoms with Gasteiger partial charge in [0.05, 0.1) is 17.4 Å². The molecule has 1 saturated heterocycles. The number of urea groups is 1. The molecule has 0 unspecified atom stereocenters. The molecule has 2 aliphatic heterocycles. The standard InChI is InChI=1S/C30H29F2N5O2/c1-30(32)7-10-34(11-8-30)29(39)36-13-12-35-18-23(22-15-20(31)14-19(17-36)28(22)35)21-5-6-25(38)27(21)24-16-33-26-4-2-3-9-37(24)26/h2-4,9,14-16,18H,5-8,10-13,17H2,1H3. The van der Waals surface area contributed by atoms with Gasteiger partial charge in [0, 0.05) is 68.1 Å². The molecule has 7 rings (SSSR count). The van der Waals surface area contributed by atoms with E-state index < -0.39 is 5.67 Å². The lowest BCUT2D eigenvalue weighted by atomic mass is 9.96. The number of Topliss-reactive ketones (excluding diaryl/α,β-unsaturated/α-hetero) is 1. The number of piperidine rings is 1. The fraction of sp³-hybridized carbons (Fsp3) is 0.367. The Bertz CT molecular complexity index is 1690. The summed E-state index contributed by atoms with van der Waals surface area (Å²) in [5, 5.41) is 0.751. The quantitative estimate of drug-likeness (QED) is 0.346. The molecular weight excluding hydrogens is 500 g/mol. The highest BCUT2D eigenvalue weighted by atomic mass is 19.1. The number of imidazole rings is 1. The minimum Gasteiger partial charge on any atom is -0.345 e. The molecule has 200 valence electrons. The first-order valence-corrected chi connectivity index (χ1v) is 13.5. The number of ketones is 1. The van der Waals surface area contributed by atoms with Crippen molar-refractivity contribution >= 4 is 39.5 Å². The highest BCUT2D eigenvalue weighted by Gasteiger charge is 2.35. The highest BCUT2D eigenvalue weighted by molar-refractivity contribution is 6.31. The van der Waals surface area contributed by atoms with Gasteiger partial charge in [-0.15, -0.1) is 0 Å². The minimum absolute atomic E-state index is 0.0583. The lowest BCUT2D eigenvalue weighted by Gasteiger charge is -2.37. The predicted octanol–water partition coefficient (Wildman–Crippen LogP) is 5.46. The normalized spacial score (nSPS) is 19.4. The van der Waals surface area contributed by atoms with Crippen molar-refractivity contribution in [1.82, 2.24) is 23.8 Å². The van der Waals surface area contributed by atoms with Crippen molar-refractivity contribution in [2.45, 2.75) is 51.4 Å². The Labute approximate surface area is 224 Å². The van der Waals surface area contributed by atoms with Gasteiger partial charge in [-0.3, -0.25) is 9.20 Å². The van der Waals surface area contributed by atoms with Crippen LogP contribution < -0.4 is 0 Å². The number of aromatic nitrogens is 3. The van der Waals surface area contributed by atoms with E-state index in [0.717, 1.165) is 38.9 Å². The average Bonchev–Trinajstić information content (AvgIpc) is 3.57. The summed E-state index contributed by atoms with van der Waals surface area (Å²) in [7, 11) is 0. The van der Waals surface area contributed by atoms with Crippen LogP contribution in [0.15, 0.2) is 48.9 Å². The van der Waals surface area contributed by atoms with Gasteiger partial charge in [0.25, 0.3) is 0 Å². The number of rotatable bonds is 2. The van der Waals surface area contributed by atoms with E-state index in [1.54, 1.807) is 22.9 Å². The Hall–Kier alpha value is -4.01. The SMILES string of the molecule is CC1(F)CCN(C(=O)N2CCn3cc(C4=C(c5cnc6ccccn56)C(=O)CC4)c4cc(F)cc(c43)C2)CC1. The number of alkyl halides is 1. The van der Waals surface area contributed by atoms with E-state index in [2.05, 4.69) is 9.55 Å². The van der Waals surface area contributed by atoms with Crippen molar-refractivity contribution in [3.8, 4) is 0 Å². The predicted molar refractivity (Wildman–Crippen MR) is 144 cm³/mol. The lowest BCUT2D eigenvalue weighted by molar-refractivity contribution is -0.113. The van der Waals surface area contributed by atoms with Gasteiger partial charge in [0.2, 0.25) is 0 Å². The zero-order valence-electron chi connectivity index (χ0n) is 21.8. The van der Waals surface area contributed by atoms with Gasteiger partial charge < -0.3 is 14.4 Å². The molecule has 0 bridgehead atoms. The smallest absolute Gasteiger partial charge is 0.320 e. The molecule has 1 fully saturated rings. The summed E-state index contributed by atoms with van der Waals surface area (Å²) in [6.45, 7) is 3.63. The molecule has 1 aromatic carbocycles. The number of hydrogen-bond acceptors (Lipinski definition) is 3. The number of hydrogen-bond donors (Lipinski definition) is 0. The van der Waals surface area contributed by atoms with Crippen molar-refractivity contribution in [3.05, 3.63) is 71.6 Å². The van der Waals surface area contributed by atoms with E-state index >= 15 is 4.39 Å². The fourth-order valence-corrected chi connectivity index (χ4v) is 6.41. The lowest BCUT2D eigenvalue weighted by Crippen LogP contribution is -2.49. The summed E-state index contributed by atoms with van der Waals surface area (Å²) in [5.41, 5.74) is 4.29. The number of amides is 2. The Morgan fingerprint density at radius 3 is 2.69 bits per heavy atom. The van der Waals surface area contributed by atoms with Crippen LogP contribution in [0.4, 0.5) is 13.6 Å². The van der Waals surface area contributed by atoms with E-state index in [1.807, 2.05) is 35.0 Å². The third-order valence-corrected chi connectivity index (χ3v) is 8.52. The maximum absolute atomic E-state index is 15.1. The van der Waals surface area contributed by atoms with E-state index in [9.17, 15) is 14.0 Å². The Morgan fingerprint density at radius 1 is 1.05 bits per heavy atom. The summed E-state index contributed by atoms with van der Waals surface area (Å²) in [4.78, 5) is 34.5. The van der Waals surface area contributed by atoms with Gasteiger partial charge in [0.1, 0.15) is 17.1 Å². The molecular formula is C30H29F2N5O2. The molecule has 7 nitrogen and oxygen atoms in total. The van der Waals surface area contributed by atoms with E-state index in [1.165, 1.54) is 12.1 Å². The van der Waals surface area contributed by atoms with E-state index in [-0.39, 0.29) is 24.2 Å². The van der Waals surface area contributed by atoms with Crippen LogP contribution in [0.3, 0.4) is 0 Å². The topological polar surface area (TPSA) is 62.9 Å². The van der Waals surface area contributed by atoms with Gasteiger partial charge >= 0.3 is 6.03 Å². The molecule has 3 aromatic heterocycles. The van der Waals surface area contributed by atoms with E-state index in [4.69, 9.17) is 0 Å². The van der Waals surface area contributed by atoms with Crippen LogP contribution in [0.2, 0.25) is 0 Å². The van der Waals surface area contributed by atoms with Gasteiger partial charge in [0.15, 0.2) is 5.78 Å². The third-order valence-electron chi connectivity index (χ3n) is 8.52. The molecule has 1 aliphatic carbocycles. The Balaban J connectivity index is 1.29. The van der Waals surface area contributed by atoms with Crippen molar-refractivity contribution in [2.24, 2.45) is 0 Å². The fourth-order valence-electron chi connectivity index (χ4n) is 6.41. The molecule has 0 spiro atoms. The second-order valence-electron chi connectivity index (χ2n) is 11.2. The first-order chi connectivity index (χ1) is 18.8. The van der Waals surface area contributed by atoms with Gasteiger partial charge in [-0.05, 0) is 61.6 Å². The van der Waals surface area contributed by atoms with Crippen LogP contribution in [0.5, 0.6) is 0 Å². The monoisotopic (exact) mass is 529 g/mol. The number of allylic oxidation sites excluding steroid dienone is 2. The number of benzene rings is 1. The van der Waals surface area contributed by atoms with Crippen LogP contribution >= 0.6 is 0 Å². The van der Waals surface area contributed by atoms with Crippen LogP contribution in [-0.2, 0) is 17.9 Å². The summed E-state index contributed by atoms with van der Waals surface area (Å²) in [5.74, 6) is -0.318. The first kappa shape index (κ1) is 24.1.